The van der Waals surface area contributed by atoms with E-state index in [1.165, 1.54) is 6.33 Å². The third-order valence-electron chi connectivity index (χ3n) is 4.42. The maximum Gasteiger partial charge on any atom is 0.310 e. The molecule has 1 aromatic carbocycles. The second-order valence-electron chi connectivity index (χ2n) is 6.41. The van der Waals surface area contributed by atoms with Gasteiger partial charge in [0.05, 0.1) is 12.5 Å². The molecule has 1 amide bonds. The van der Waals surface area contributed by atoms with Gasteiger partial charge in [0.15, 0.2) is 6.61 Å². The molecule has 146 valence electrons. The zero-order chi connectivity index (χ0) is 20.3. The predicted octanol–water partition coefficient (Wildman–Crippen LogP) is 2.36. The van der Waals surface area contributed by atoms with Crippen molar-refractivity contribution in [1.29, 1.82) is 0 Å². The van der Waals surface area contributed by atoms with Crippen LogP contribution in [0.1, 0.15) is 35.5 Å². The van der Waals surface area contributed by atoms with Crippen molar-refractivity contribution in [2.45, 2.75) is 33.2 Å². The van der Waals surface area contributed by atoms with Gasteiger partial charge in [0.25, 0.3) is 11.7 Å². The maximum absolute atomic E-state index is 12.2. The van der Waals surface area contributed by atoms with E-state index >= 15 is 0 Å². The van der Waals surface area contributed by atoms with E-state index in [4.69, 9.17) is 16.3 Å². The molecule has 0 fully saturated rings. The molecule has 0 aliphatic heterocycles. The molecule has 28 heavy (non-hydrogen) atoms. The first-order chi connectivity index (χ1) is 13.3. The minimum atomic E-state index is -0.512. The normalized spacial score (nSPS) is 12.0. The molecule has 0 bridgehead atoms. The van der Waals surface area contributed by atoms with Gasteiger partial charge in [0.2, 0.25) is 0 Å². The van der Waals surface area contributed by atoms with E-state index in [9.17, 15) is 9.59 Å². The van der Waals surface area contributed by atoms with Gasteiger partial charge in [-0.05, 0) is 38.5 Å². The van der Waals surface area contributed by atoms with Crippen LogP contribution in [0.3, 0.4) is 0 Å². The molecule has 0 spiro atoms. The minimum Gasteiger partial charge on any atom is -0.455 e. The second kappa shape index (κ2) is 8.35. The molecule has 0 unspecified atom stereocenters. The van der Waals surface area contributed by atoms with E-state index in [1.807, 2.05) is 26.0 Å². The number of benzene rings is 1. The zero-order valence-electron chi connectivity index (χ0n) is 15.8. The van der Waals surface area contributed by atoms with E-state index in [2.05, 4.69) is 20.4 Å². The Bertz CT molecular complexity index is 1020. The number of esters is 1. The van der Waals surface area contributed by atoms with Crippen LogP contribution >= 0.6 is 11.6 Å². The van der Waals surface area contributed by atoms with Crippen molar-refractivity contribution < 1.29 is 14.3 Å². The first-order valence-corrected chi connectivity index (χ1v) is 9.09. The Morgan fingerprint density at radius 1 is 1.25 bits per heavy atom. The molecular formula is C19H20ClN5O3. The molecule has 0 saturated heterocycles. The molecule has 0 saturated carbocycles. The molecule has 2 heterocycles. The summed E-state index contributed by atoms with van der Waals surface area (Å²) in [5.41, 5.74) is 3.05. The summed E-state index contributed by atoms with van der Waals surface area (Å²) < 4.78 is 6.69. The number of nitrogens with one attached hydrogen (secondary N) is 1. The van der Waals surface area contributed by atoms with Gasteiger partial charge in [-0.3, -0.25) is 9.59 Å². The van der Waals surface area contributed by atoms with E-state index in [-0.39, 0.29) is 25.0 Å². The average Bonchev–Trinajstić information content (AvgIpc) is 3.12. The summed E-state index contributed by atoms with van der Waals surface area (Å²) in [6, 6.07) is 6.94. The highest BCUT2D eigenvalue weighted by Crippen LogP contribution is 2.16. The number of nitrogens with zero attached hydrogens (tertiary/aromatic N) is 4. The van der Waals surface area contributed by atoms with Gasteiger partial charge in [-0.2, -0.15) is 10.1 Å². The zero-order valence-corrected chi connectivity index (χ0v) is 16.5. The summed E-state index contributed by atoms with van der Waals surface area (Å²) >= 11 is 5.86. The van der Waals surface area contributed by atoms with Crippen molar-refractivity contribution in [2.24, 2.45) is 0 Å². The Morgan fingerprint density at radius 2 is 1.96 bits per heavy atom. The highest BCUT2D eigenvalue weighted by molar-refractivity contribution is 6.30. The Kier molecular flexibility index (Phi) is 5.89. The predicted molar refractivity (Wildman–Crippen MR) is 103 cm³/mol. The van der Waals surface area contributed by atoms with Crippen molar-refractivity contribution in [3.63, 3.8) is 0 Å². The van der Waals surface area contributed by atoms with E-state index < -0.39 is 5.97 Å². The number of aromatic nitrogens is 4. The summed E-state index contributed by atoms with van der Waals surface area (Å²) in [4.78, 5) is 32.6. The fourth-order valence-electron chi connectivity index (χ4n) is 2.87. The number of aryl methyl sites for hydroxylation is 2. The van der Waals surface area contributed by atoms with Crippen molar-refractivity contribution in [1.82, 2.24) is 24.9 Å². The summed E-state index contributed by atoms with van der Waals surface area (Å²) in [5.74, 6) is -0.418. The fraction of sp³-hybridized carbons (Fsp3) is 0.316. The topological polar surface area (TPSA) is 98.5 Å². The molecule has 3 aromatic rings. The van der Waals surface area contributed by atoms with Gasteiger partial charge in [0, 0.05) is 22.0 Å². The number of amides is 1. The van der Waals surface area contributed by atoms with E-state index in [1.54, 1.807) is 23.6 Å². The average molecular weight is 402 g/mol. The van der Waals surface area contributed by atoms with E-state index in [0.29, 0.717) is 22.1 Å². The number of hydrogen-bond acceptors (Lipinski definition) is 6. The van der Waals surface area contributed by atoms with Crippen LogP contribution in [0.4, 0.5) is 0 Å². The summed E-state index contributed by atoms with van der Waals surface area (Å²) in [6.45, 7) is 5.12. The van der Waals surface area contributed by atoms with Gasteiger partial charge in [0.1, 0.15) is 6.33 Å². The maximum atomic E-state index is 12.2. The third kappa shape index (κ3) is 4.45. The Balaban J connectivity index is 1.55. The number of fused-ring (bicyclic) bond motifs is 1. The van der Waals surface area contributed by atoms with Crippen molar-refractivity contribution >= 4 is 29.3 Å². The van der Waals surface area contributed by atoms with Crippen LogP contribution in [-0.2, 0) is 20.7 Å². The number of carbonyl (C=O) groups excluding carboxylic acids is 2. The SMILES string of the molecule is Cc1nc2ncnn2c(C)c1CC(=O)OCC(=O)N[C@@H](C)c1ccc(Cl)cc1. The lowest BCUT2D eigenvalue weighted by Gasteiger charge is -2.15. The number of ether oxygens (including phenoxy) is 1. The summed E-state index contributed by atoms with van der Waals surface area (Å²) in [5, 5.41) is 7.50. The molecule has 1 atom stereocenters. The standard InChI is InChI=1S/C19H20ClN5O3/c1-11(14-4-6-15(20)7-5-14)23-17(26)9-28-18(27)8-16-12(2)24-19-21-10-22-25(19)13(16)3/h4-7,10-11H,8-9H2,1-3H3,(H,23,26)/t11-/m0/s1. The number of carbonyl (C=O) groups is 2. The fourth-order valence-corrected chi connectivity index (χ4v) is 3.00. The van der Waals surface area contributed by atoms with Gasteiger partial charge < -0.3 is 10.1 Å². The molecule has 0 aliphatic carbocycles. The number of halogens is 1. The molecule has 0 radical (unpaired) electrons. The smallest absolute Gasteiger partial charge is 0.310 e. The second-order valence-corrected chi connectivity index (χ2v) is 6.85. The molecule has 3 rings (SSSR count). The van der Waals surface area contributed by atoms with Crippen LogP contribution in [0.5, 0.6) is 0 Å². The van der Waals surface area contributed by atoms with Crippen molar-refractivity contribution in [3.05, 3.63) is 58.1 Å². The van der Waals surface area contributed by atoms with Gasteiger partial charge in [-0.25, -0.2) is 9.50 Å². The number of rotatable bonds is 6. The van der Waals surface area contributed by atoms with Gasteiger partial charge in [-0.15, -0.1) is 0 Å². The van der Waals surface area contributed by atoms with Crippen LogP contribution in [0.15, 0.2) is 30.6 Å². The van der Waals surface area contributed by atoms with Gasteiger partial charge in [-0.1, -0.05) is 23.7 Å². The Hall–Kier alpha value is -3.00. The highest BCUT2D eigenvalue weighted by atomic mass is 35.5. The molecule has 2 aromatic heterocycles. The quantitative estimate of drug-likeness (QED) is 0.636. The lowest BCUT2D eigenvalue weighted by atomic mass is 10.1. The molecule has 0 aliphatic rings. The van der Waals surface area contributed by atoms with E-state index in [0.717, 1.165) is 11.3 Å². The molecule has 1 N–H and O–H groups in total. The lowest BCUT2D eigenvalue weighted by molar-refractivity contribution is -0.148. The third-order valence-corrected chi connectivity index (χ3v) is 4.67. The van der Waals surface area contributed by atoms with Crippen LogP contribution in [0.25, 0.3) is 5.78 Å². The van der Waals surface area contributed by atoms with Crippen molar-refractivity contribution in [3.8, 4) is 0 Å². The van der Waals surface area contributed by atoms with Crippen LogP contribution < -0.4 is 5.32 Å². The summed E-state index contributed by atoms with van der Waals surface area (Å²) in [7, 11) is 0. The summed E-state index contributed by atoms with van der Waals surface area (Å²) in [6.07, 6.45) is 1.41. The van der Waals surface area contributed by atoms with Crippen LogP contribution in [0.2, 0.25) is 5.02 Å². The minimum absolute atomic E-state index is 0.000481. The molecular weight excluding hydrogens is 382 g/mol. The highest BCUT2D eigenvalue weighted by Gasteiger charge is 2.17. The molecule has 9 heteroatoms. The molecule has 8 nitrogen and oxygen atoms in total. The van der Waals surface area contributed by atoms with Gasteiger partial charge >= 0.3 is 5.97 Å². The Labute approximate surface area is 166 Å². The Morgan fingerprint density at radius 3 is 2.68 bits per heavy atom. The first-order valence-electron chi connectivity index (χ1n) is 8.71. The first kappa shape index (κ1) is 19.8. The van der Waals surface area contributed by atoms with Crippen LogP contribution in [0, 0.1) is 13.8 Å². The number of hydrogen-bond donors (Lipinski definition) is 1. The van der Waals surface area contributed by atoms with Crippen LogP contribution in [-0.4, -0.2) is 38.1 Å². The van der Waals surface area contributed by atoms with Crippen molar-refractivity contribution in [2.75, 3.05) is 6.61 Å². The lowest BCUT2D eigenvalue weighted by Crippen LogP contribution is -2.31. The monoisotopic (exact) mass is 401 g/mol. The largest absolute Gasteiger partial charge is 0.455 e.